The van der Waals surface area contributed by atoms with E-state index in [0.717, 1.165) is 22.3 Å². The summed E-state index contributed by atoms with van der Waals surface area (Å²) in [7, 11) is 0. The van der Waals surface area contributed by atoms with E-state index in [9.17, 15) is 14.4 Å². The molecular weight excluding hydrogens is 522 g/mol. The molecular formula is C32H47N3O4S. The summed E-state index contributed by atoms with van der Waals surface area (Å²) in [4.78, 5) is 43.4. The van der Waals surface area contributed by atoms with Gasteiger partial charge in [-0.05, 0) is 109 Å². The highest BCUT2D eigenvalue weighted by Crippen LogP contribution is 2.36. The van der Waals surface area contributed by atoms with Gasteiger partial charge < -0.3 is 20.3 Å². The number of aryl methyl sites for hydroxylation is 3. The highest BCUT2D eigenvalue weighted by molar-refractivity contribution is 7.98. The van der Waals surface area contributed by atoms with E-state index >= 15 is 0 Å². The van der Waals surface area contributed by atoms with Crippen molar-refractivity contribution in [2.24, 2.45) is 0 Å². The fourth-order valence-electron chi connectivity index (χ4n) is 4.61. The first-order valence-electron chi connectivity index (χ1n) is 13.9. The number of para-hydroxylation sites is 1. The maximum absolute atomic E-state index is 14.6. The van der Waals surface area contributed by atoms with Crippen molar-refractivity contribution in [1.29, 1.82) is 0 Å². The van der Waals surface area contributed by atoms with Gasteiger partial charge in [0, 0.05) is 11.2 Å². The molecule has 8 heteroatoms. The molecule has 0 saturated carbocycles. The van der Waals surface area contributed by atoms with Gasteiger partial charge in [0.15, 0.2) is 0 Å². The molecule has 0 saturated heterocycles. The zero-order chi connectivity index (χ0) is 30.3. The van der Waals surface area contributed by atoms with E-state index < -0.39 is 29.3 Å². The van der Waals surface area contributed by atoms with Gasteiger partial charge in [0.05, 0.1) is 0 Å². The lowest BCUT2D eigenvalue weighted by atomic mass is 9.88. The lowest BCUT2D eigenvalue weighted by molar-refractivity contribution is -0.147. The Balaban J connectivity index is 2.71. The van der Waals surface area contributed by atoms with Gasteiger partial charge in [-0.15, -0.1) is 0 Å². The summed E-state index contributed by atoms with van der Waals surface area (Å²) in [6.45, 7) is 17.1. The fourth-order valence-corrected chi connectivity index (χ4v) is 5.08. The zero-order valence-corrected chi connectivity index (χ0v) is 26.6. The van der Waals surface area contributed by atoms with Gasteiger partial charge in [0.1, 0.15) is 17.7 Å². The van der Waals surface area contributed by atoms with Crippen molar-refractivity contribution >= 4 is 35.4 Å². The van der Waals surface area contributed by atoms with Crippen molar-refractivity contribution in [1.82, 2.24) is 10.2 Å². The molecule has 0 spiro atoms. The Morgan fingerprint density at radius 3 is 2.02 bits per heavy atom. The van der Waals surface area contributed by atoms with Crippen LogP contribution in [0.3, 0.4) is 0 Å². The molecule has 40 heavy (non-hydrogen) atoms. The largest absolute Gasteiger partial charge is 0.444 e. The number of alkyl carbamates (subject to hydrolysis) is 1. The summed E-state index contributed by atoms with van der Waals surface area (Å²) in [5.41, 5.74) is 2.79. The van der Waals surface area contributed by atoms with E-state index in [1.165, 1.54) is 0 Å². The SMILES string of the molecule is CCC(C)(C)N(C(=O)C(CCSC)NC(=O)OC(C)(C)C)C(C(=O)Nc1ccccc1C)c1c(C)cccc1C. The zero-order valence-electron chi connectivity index (χ0n) is 25.8. The van der Waals surface area contributed by atoms with E-state index in [-0.39, 0.29) is 11.8 Å². The fraction of sp³-hybridized carbons (Fsp3) is 0.531. The van der Waals surface area contributed by atoms with Crippen molar-refractivity contribution < 1.29 is 19.1 Å². The van der Waals surface area contributed by atoms with Gasteiger partial charge in [0.25, 0.3) is 5.91 Å². The summed E-state index contributed by atoms with van der Waals surface area (Å²) in [5, 5.41) is 5.92. The van der Waals surface area contributed by atoms with Gasteiger partial charge in [-0.3, -0.25) is 9.59 Å². The maximum Gasteiger partial charge on any atom is 0.408 e. The number of hydrogen-bond acceptors (Lipinski definition) is 5. The Hall–Kier alpha value is -3.00. The summed E-state index contributed by atoms with van der Waals surface area (Å²) in [6.07, 6.45) is 2.29. The Kier molecular flexibility index (Phi) is 11.7. The molecule has 2 aromatic rings. The first-order valence-corrected chi connectivity index (χ1v) is 15.3. The molecule has 7 nitrogen and oxygen atoms in total. The van der Waals surface area contributed by atoms with Crippen molar-refractivity contribution in [3.63, 3.8) is 0 Å². The number of rotatable bonds is 11. The minimum Gasteiger partial charge on any atom is -0.444 e. The normalized spacial score (nSPS) is 13.2. The monoisotopic (exact) mass is 569 g/mol. The van der Waals surface area contributed by atoms with Crippen LogP contribution >= 0.6 is 11.8 Å². The lowest BCUT2D eigenvalue weighted by Crippen LogP contribution is -2.59. The van der Waals surface area contributed by atoms with E-state index in [2.05, 4.69) is 10.6 Å². The van der Waals surface area contributed by atoms with Crippen molar-refractivity contribution in [2.45, 2.75) is 98.4 Å². The van der Waals surface area contributed by atoms with Crippen LogP contribution in [0.2, 0.25) is 0 Å². The molecule has 0 aromatic heterocycles. The molecule has 0 radical (unpaired) electrons. The number of benzene rings is 2. The van der Waals surface area contributed by atoms with Crippen LogP contribution < -0.4 is 10.6 Å². The van der Waals surface area contributed by atoms with Crippen LogP contribution in [0, 0.1) is 20.8 Å². The molecule has 3 amide bonds. The Morgan fingerprint density at radius 1 is 0.925 bits per heavy atom. The molecule has 2 rings (SSSR count). The second-order valence-corrected chi connectivity index (χ2v) is 12.9. The van der Waals surface area contributed by atoms with Crippen LogP contribution in [0.5, 0.6) is 0 Å². The molecule has 2 N–H and O–H groups in total. The van der Waals surface area contributed by atoms with Crippen LogP contribution in [-0.2, 0) is 14.3 Å². The highest BCUT2D eigenvalue weighted by Gasteiger charge is 2.44. The minimum atomic E-state index is -0.930. The average Bonchev–Trinajstić information content (AvgIpc) is 2.85. The second-order valence-electron chi connectivity index (χ2n) is 11.9. The van der Waals surface area contributed by atoms with Crippen LogP contribution in [0.15, 0.2) is 42.5 Å². The second kappa shape index (κ2) is 14.1. The van der Waals surface area contributed by atoms with Crippen LogP contribution in [0.25, 0.3) is 0 Å². The number of nitrogens with one attached hydrogen (secondary N) is 2. The number of carbonyl (C=O) groups is 3. The maximum atomic E-state index is 14.6. The molecule has 0 bridgehead atoms. The van der Waals surface area contributed by atoms with Gasteiger partial charge in [-0.25, -0.2) is 4.79 Å². The quantitative estimate of drug-likeness (QED) is 0.306. The average molecular weight is 570 g/mol. The van der Waals surface area contributed by atoms with Gasteiger partial charge >= 0.3 is 6.09 Å². The standard InChI is InChI=1S/C32H47N3O4S/c1-11-32(8,9)35(29(37)25(19-20-40-10)34-30(38)39-31(5,6)7)27(26-22(3)16-14-17-23(26)4)28(36)33-24-18-13-12-15-21(24)2/h12-18,25,27H,11,19-20H2,1-10H3,(H,33,36)(H,34,38). The van der Waals surface area contributed by atoms with Gasteiger partial charge in [0.2, 0.25) is 5.91 Å². The predicted molar refractivity (Wildman–Crippen MR) is 166 cm³/mol. The first-order chi connectivity index (χ1) is 18.6. The number of thioether (sulfide) groups is 1. The smallest absolute Gasteiger partial charge is 0.408 e. The lowest BCUT2D eigenvalue weighted by Gasteiger charge is -2.45. The molecule has 0 aliphatic heterocycles. The topological polar surface area (TPSA) is 87.7 Å². The number of ether oxygens (including phenoxy) is 1. The van der Waals surface area contributed by atoms with Crippen LogP contribution in [-0.4, -0.2) is 52.0 Å². The summed E-state index contributed by atoms with van der Waals surface area (Å²) >= 11 is 1.59. The van der Waals surface area contributed by atoms with Crippen molar-refractivity contribution in [2.75, 3.05) is 17.3 Å². The summed E-state index contributed by atoms with van der Waals surface area (Å²) in [5.74, 6) is 0.0255. The molecule has 0 aliphatic rings. The third-order valence-corrected chi connectivity index (χ3v) is 7.72. The van der Waals surface area contributed by atoms with Crippen molar-refractivity contribution in [3.05, 3.63) is 64.7 Å². The molecule has 2 unspecified atom stereocenters. The molecule has 220 valence electrons. The third-order valence-electron chi connectivity index (χ3n) is 7.08. The number of anilines is 1. The Bertz CT molecular complexity index is 1170. The molecule has 2 atom stereocenters. The van der Waals surface area contributed by atoms with E-state index in [1.54, 1.807) is 37.4 Å². The summed E-state index contributed by atoms with van der Waals surface area (Å²) in [6, 6.07) is 11.7. The number of amides is 3. The van der Waals surface area contributed by atoms with Crippen LogP contribution in [0.1, 0.15) is 82.7 Å². The number of hydrogen-bond donors (Lipinski definition) is 2. The molecule has 0 aliphatic carbocycles. The molecule has 2 aromatic carbocycles. The van der Waals surface area contributed by atoms with E-state index in [0.29, 0.717) is 24.3 Å². The Labute approximate surface area is 244 Å². The molecule has 0 fully saturated rings. The third kappa shape index (κ3) is 8.75. The van der Waals surface area contributed by atoms with Crippen LogP contribution in [0.4, 0.5) is 10.5 Å². The minimum absolute atomic E-state index is 0.303. The highest BCUT2D eigenvalue weighted by atomic mass is 32.2. The molecule has 0 heterocycles. The Morgan fingerprint density at radius 2 is 1.50 bits per heavy atom. The van der Waals surface area contributed by atoms with Gasteiger partial charge in [-0.2, -0.15) is 11.8 Å². The van der Waals surface area contributed by atoms with Gasteiger partial charge in [-0.1, -0.05) is 43.3 Å². The van der Waals surface area contributed by atoms with E-state index in [1.807, 2.05) is 90.3 Å². The number of nitrogens with zero attached hydrogens (tertiary/aromatic N) is 1. The van der Waals surface area contributed by atoms with E-state index in [4.69, 9.17) is 4.74 Å². The number of carbonyl (C=O) groups excluding carboxylic acids is 3. The summed E-state index contributed by atoms with van der Waals surface area (Å²) < 4.78 is 5.51. The first kappa shape index (κ1) is 33.2. The predicted octanol–water partition coefficient (Wildman–Crippen LogP) is 6.96. The van der Waals surface area contributed by atoms with Crippen molar-refractivity contribution in [3.8, 4) is 0 Å².